The van der Waals surface area contributed by atoms with Gasteiger partial charge < -0.3 is 10.2 Å². The lowest BCUT2D eigenvalue weighted by Crippen LogP contribution is -2.43. The Kier molecular flexibility index (Phi) is 2.76. The fourth-order valence-corrected chi connectivity index (χ4v) is 3.82. The Morgan fingerprint density at radius 3 is 2.96 bits per heavy atom. The van der Waals surface area contributed by atoms with Crippen molar-refractivity contribution in [3.05, 3.63) is 58.6 Å². The van der Waals surface area contributed by atoms with E-state index in [0.717, 1.165) is 42.2 Å². The molecule has 1 atom stereocenters. The van der Waals surface area contributed by atoms with Gasteiger partial charge in [-0.15, -0.1) is 0 Å². The number of anilines is 2. The van der Waals surface area contributed by atoms with Crippen LogP contribution in [0.25, 0.3) is 11.0 Å². The van der Waals surface area contributed by atoms with Gasteiger partial charge in [-0.25, -0.2) is 9.97 Å². The molecule has 1 aromatic heterocycles. The van der Waals surface area contributed by atoms with E-state index in [2.05, 4.69) is 34.5 Å². The molecule has 114 valence electrons. The number of nitrogens with zero attached hydrogens (tertiary/aromatic N) is 3. The Labute approximate surface area is 139 Å². The number of hydrogen-bond donors (Lipinski definition) is 1. The smallest absolute Gasteiger partial charge is 0.172 e. The maximum atomic E-state index is 6.07. The summed E-state index contributed by atoms with van der Waals surface area (Å²) < 4.78 is 0. The van der Waals surface area contributed by atoms with E-state index in [1.807, 2.05) is 18.2 Å². The van der Waals surface area contributed by atoms with Gasteiger partial charge in [0.1, 0.15) is 0 Å². The minimum atomic E-state index is 0.325. The number of hydrogen-bond acceptors (Lipinski definition) is 4. The summed E-state index contributed by atoms with van der Waals surface area (Å²) in [5.41, 5.74) is 4.56. The maximum absolute atomic E-state index is 6.07. The highest BCUT2D eigenvalue weighted by Gasteiger charge is 2.33. The van der Waals surface area contributed by atoms with Crippen molar-refractivity contribution < 1.29 is 0 Å². The molecule has 0 aliphatic carbocycles. The predicted molar refractivity (Wildman–Crippen MR) is 93.3 cm³/mol. The lowest BCUT2D eigenvalue weighted by atomic mass is 9.91. The van der Waals surface area contributed by atoms with Crippen LogP contribution in [0, 0.1) is 0 Å². The van der Waals surface area contributed by atoms with Crippen LogP contribution in [-0.2, 0) is 6.42 Å². The molecule has 3 heterocycles. The molecule has 2 aliphatic heterocycles. The van der Waals surface area contributed by atoms with Gasteiger partial charge in [0.2, 0.25) is 0 Å². The molecule has 0 saturated carbocycles. The van der Waals surface area contributed by atoms with Gasteiger partial charge in [-0.05, 0) is 35.7 Å². The van der Waals surface area contributed by atoms with Crippen molar-refractivity contribution in [3.8, 4) is 0 Å². The lowest BCUT2D eigenvalue weighted by Gasteiger charge is -2.42. The molecule has 0 bridgehead atoms. The molecule has 0 spiro atoms. The number of halogens is 1. The molecular formula is C18H15ClN4. The molecule has 0 radical (unpaired) electrons. The van der Waals surface area contributed by atoms with Crippen molar-refractivity contribution in [2.24, 2.45) is 0 Å². The van der Waals surface area contributed by atoms with Gasteiger partial charge in [-0.1, -0.05) is 35.9 Å². The van der Waals surface area contributed by atoms with Crippen LogP contribution in [0.1, 0.15) is 17.2 Å². The Morgan fingerprint density at radius 2 is 2.00 bits per heavy atom. The van der Waals surface area contributed by atoms with Crippen LogP contribution in [0.15, 0.2) is 42.5 Å². The SMILES string of the molecule is Clc1ccc2nc3c(nc2c1)NCC1c2ccccc2CCN31. The van der Waals surface area contributed by atoms with Crippen molar-refractivity contribution in [1.82, 2.24) is 9.97 Å². The van der Waals surface area contributed by atoms with Gasteiger partial charge in [-0.2, -0.15) is 0 Å². The van der Waals surface area contributed by atoms with Crippen LogP contribution in [-0.4, -0.2) is 23.1 Å². The van der Waals surface area contributed by atoms with Crippen molar-refractivity contribution >= 4 is 34.3 Å². The second-order valence-corrected chi connectivity index (χ2v) is 6.50. The monoisotopic (exact) mass is 322 g/mol. The van der Waals surface area contributed by atoms with Gasteiger partial charge in [0.15, 0.2) is 11.6 Å². The van der Waals surface area contributed by atoms with Gasteiger partial charge in [0.05, 0.1) is 17.1 Å². The van der Waals surface area contributed by atoms with Crippen LogP contribution in [0.2, 0.25) is 5.02 Å². The normalized spacial score (nSPS) is 18.8. The summed E-state index contributed by atoms with van der Waals surface area (Å²) in [5, 5.41) is 4.14. The molecule has 4 nitrogen and oxygen atoms in total. The van der Waals surface area contributed by atoms with Crippen LogP contribution >= 0.6 is 11.6 Å². The third-order valence-electron chi connectivity index (χ3n) is 4.76. The first-order valence-electron chi connectivity index (χ1n) is 7.85. The lowest BCUT2D eigenvalue weighted by molar-refractivity contribution is 0.582. The number of fused-ring (bicyclic) bond motifs is 6. The molecular weight excluding hydrogens is 308 g/mol. The van der Waals surface area contributed by atoms with Crippen molar-refractivity contribution in [2.45, 2.75) is 12.5 Å². The molecule has 2 aliphatic rings. The van der Waals surface area contributed by atoms with Crippen molar-refractivity contribution in [1.29, 1.82) is 0 Å². The highest BCUT2D eigenvalue weighted by molar-refractivity contribution is 6.31. The molecule has 0 fully saturated rings. The number of benzene rings is 2. The fraction of sp³-hybridized carbons (Fsp3) is 0.222. The van der Waals surface area contributed by atoms with E-state index in [4.69, 9.17) is 21.6 Å². The number of nitrogens with one attached hydrogen (secondary N) is 1. The second kappa shape index (κ2) is 4.83. The zero-order chi connectivity index (χ0) is 15.4. The Morgan fingerprint density at radius 1 is 1.09 bits per heavy atom. The first kappa shape index (κ1) is 13.1. The summed E-state index contributed by atoms with van der Waals surface area (Å²) in [4.78, 5) is 12.0. The summed E-state index contributed by atoms with van der Waals surface area (Å²) in [7, 11) is 0. The van der Waals surface area contributed by atoms with E-state index in [1.54, 1.807) is 0 Å². The van der Waals surface area contributed by atoms with Gasteiger partial charge in [-0.3, -0.25) is 0 Å². The standard InChI is InChI=1S/C18H15ClN4/c19-12-5-6-14-15(9-12)21-17-18(22-14)23-8-7-11-3-1-2-4-13(11)16(23)10-20-17/h1-6,9,16H,7-8,10H2,(H,20,21). The summed E-state index contributed by atoms with van der Waals surface area (Å²) in [6, 6.07) is 14.7. The molecule has 0 saturated heterocycles. The zero-order valence-electron chi connectivity index (χ0n) is 12.5. The van der Waals surface area contributed by atoms with Gasteiger partial charge in [0, 0.05) is 18.1 Å². The quantitative estimate of drug-likeness (QED) is 0.683. The molecule has 1 N–H and O–H groups in total. The summed E-state index contributed by atoms with van der Waals surface area (Å²) in [6.45, 7) is 1.83. The highest BCUT2D eigenvalue weighted by Crippen LogP contribution is 2.39. The molecule has 1 unspecified atom stereocenters. The minimum Gasteiger partial charge on any atom is -0.365 e. The first-order chi connectivity index (χ1) is 11.3. The first-order valence-corrected chi connectivity index (χ1v) is 8.23. The largest absolute Gasteiger partial charge is 0.365 e. The van der Waals surface area contributed by atoms with E-state index in [-0.39, 0.29) is 0 Å². The second-order valence-electron chi connectivity index (χ2n) is 6.07. The third kappa shape index (κ3) is 1.98. The van der Waals surface area contributed by atoms with Crippen LogP contribution in [0.5, 0.6) is 0 Å². The third-order valence-corrected chi connectivity index (χ3v) is 4.99. The van der Waals surface area contributed by atoms with E-state index in [1.165, 1.54) is 11.1 Å². The van der Waals surface area contributed by atoms with Crippen LogP contribution in [0.4, 0.5) is 11.6 Å². The van der Waals surface area contributed by atoms with E-state index in [9.17, 15) is 0 Å². The summed E-state index contributed by atoms with van der Waals surface area (Å²) in [6.07, 6.45) is 1.05. The molecule has 5 rings (SSSR count). The number of aromatic nitrogens is 2. The average Bonchev–Trinajstić information content (AvgIpc) is 2.59. The Hall–Kier alpha value is -2.33. The van der Waals surface area contributed by atoms with Crippen molar-refractivity contribution in [3.63, 3.8) is 0 Å². The van der Waals surface area contributed by atoms with E-state index >= 15 is 0 Å². The van der Waals surface area contributed by atoms with Gasteiger partial charge >= 0.3 is 0 Å². The van der Waals surface area contributed by atoms with Crippen molar-refractivity contribution in [2.75, 3.05) is 23.3 Å². The fourth-order valence-electron chi connectivity index (χ4n) is 3.66. The molecule has 0 amide bonds. The average molecular weight is 323 g/mol. The van der Waals surface area contributed by atoms with E-state index < -0.39 is 0 Å². The number of rotatable bonds is 0. The molecule has 23 heavy (non-hydrogen) atoms. The molecule has 2 aromatic carbocycles. The minimum absolute atomic E-state index is 0.325. The van der Waals surface area contributed by atoms with Crippen LogP contribution in [0.3, 0.4) is 0 Å². The van der Waals surface area contributed by atoms with E-state index in [0.29, 0.717) is 11.1 Å². The zero-order valence-corrected chi connectivity index (χ0v) is 13.2. The summed E-state index contributed by atoms with van der Waals surface area (Å²) >= 11 is 6.07. The maximum Gasteiger partial charge on any atom is 0.172 e. The summed E-state index contributed by atoms with van der Waals surface area (Å²) in [5.74, 6) is 1.81. The Bertz CT molecular complexity index is 924. The molecule has 5 heteroatoms. The molecule has 3 aromatic rings. The topological polar surface area (TPSA) is 41.1 Å². The van der Waals surface area contributed by atoms with Crippen LogP contribution < -0.4 is 10.2 Å². The highest BCUT2D eigenvalue weighted by atomic mass is 35.5. The Balaban J connectivity index is 1.66. The predicted octanol–water partition coefficient (Wildman–Crippen LogP) is 3.81. The van der Waals surface area contributed by atoms with Gasteiger partial charge in [0.25, 0.3) is 0 Å².